The molecule has 0 amide bonds. The summed E-state index contributed by atoms with van der Waals surface area (Å²) in [5, 5.41) is 0. The first-order valence-corrected chi connectivity index (χ1v) is 9.54. The number of fused-ring (bicyclic) bond motifs is 1. The Morgan fingerprint density at radius 2 is 1.74 bits per heavy atom. The number of ether oxygens (including phenoxy) is 4. The highest BCUT2D eigenvalue weighted by molar-refractivity contribution is 7.89. The summed E-state index contributed by atoms with van der Waals surface area (Å²) in [6.07, 6.45) is 0. The third-order valence-electron chi connectivity index (χ3n) is 3.80. The van der Waals surface area contributed by atoms with Crippen LogP contribution in [0.25, 0.3) is 0 Å². The van der Waals surface area contributed by atoms with Crippen LogP contribution in [0.5, 0.6) is 17.2 Å². The first-order valence-electron chi connectivity index (χ1n) is 8.10. The molecule has 2 aromatic rings. The van der Waals surface area contributed by atoms with Crippen LogP contribution < -0.4 is 14.2 Å². The monoisotopic (exact) mass is 393 g/mol. The quantitative estimate of drug-likeness (QED) is 0.524. The summed E-state index contributed by atoms with van der Waals surface area (Å²) in [6, 6.07) is 10.8. The molecule has 0 saturated carbocycles. The van der Waals surface area contributed by atoms with E-state index in [1.54, 1.807) is 30.3 Å². The van der Waals surface area contributed by atoms with Crippen molar-refractivity contribution in [2.24, 2.45) is 0 Å². The van der Waals surface area contributed by atoms with Gasteiger partial charge in [0, 0.05) is 14.1 Å². The molecule has 27 heavy (non-hydrogen) atoms. The molecule has 0 fully saturated rings. The van der Waals surface area contributed by atoms with E-state index in [1.807, 2.05) is 0 Å². The molecule has 0 aliphatic carbocycles. The van der Waals surface area contributed by atoms with Crippen molar-refractivity contribution >= 4 is 16.0 Å². The van der Waals surface area contributed by atoms with E-state index in [-0.39, 0.29) is 24.9 Å². The first-order chi connectivity index (χ1) is 12.9. The standard InChI is InChI=1S/C18H19NO7S/c1-19(2)27(21,22)15-6-4-14(5-7-15)23-9-10-24-18(20)13-3-8-16-17(11-13)26-12-25-16/h3-8,11H,9-10,12H2,1-2H3. The highest BCUT2D eigenvalue weighted by Crippen LogP contribution is 2.32. The van der Waals surface area contributed by atoms with Crippen molar-refractivity contribution in [2.75, 3.05) is 34.1 Å². The number of hydrogen-bond donors (Lipinski definition) is 0. The maximum absolute atomic E-state index is 12.0. The first kappa shape index (κ1) is 19.0. The summed E-state index contributed by atoms with van der Waals surface area (Å²) in [7, 11) is -0.543. The van der Waals surface area contributed by atoms with Crippen LogP contribution in [0.1, 0.15) is 10.4 Å². The van der Waals surface area contributed by atoms with Crippen LogP contribution in [0.3, 0.4) is 0 Å². The van der Waals surface area contributed by atoms with E-state index in [4.69, 9.17) is 18.9 Å². The SMILES string of the molecule is CN(C)S(=O)(=O)c1ccc(OCCOC(=O)c2ccc3c(c2)OCO3)cc1. The van der Waals surface area contributed by atoms with Gasteiger partial charge in [-0.2, -0.15) is 0 Å². The zero-order valence-electron chi connectivity index (χ0n) is 14.9. The lowest BCUT2D eigenvalue weighted by Gasteiger charge is -2.12. The number of esters is 1. The summed E-state index contributed by atoms with van der Waals surface area (Å²) in [6.45, 7) is 0.317. The molecule has 0 aromatic heterocycles. The molecule has 0 atom stereocenters. The molecule has 3 rings (SSSR count). The maximum atomic E-state index is 12.0. The van der Waals surface area contributed by atoms with Gasteiger partial charge in [-0.1, -0.05) is 0 Å². The Kier molecular flexibility index (Phi) is 5.52. The fourth-order valence-electron chi connectivity index (χ4n) is 2.32. The molecule has 1 aliphatic heterocycles. The van der Waals surface area contributed by atoms with E-state index >= 15 is 0 Å². The van der Waals surface area contributed by atoms with Crippen LogP contribution in [-0.4, -0.2) is 52.8 Å². The second-order valence-corrected chi connectivity index (χ2v) is 7.96. The molecule has 0 bridgehead atoms. The third-order valence-corrected chi connectivity index (χ3v) is 5.63. The highest BCUT2D eigenvalue weighted by atomic mass is 32.2. The number of sulfonamides is 1. The normalized spacial score (nSPS) is 12.9. The number of carbonyl (C=O) groups is 1. The van der Waals surface area contributed by atoms with Crippen molar-refractivity contribution in [1.29, 1.82) is 0 Å². The van der Waals surface area contributed by atoms with Crippen LogP contribution in [0.4, 0.5) is 0 Å². The molecule has 9 heteroatoms. The molecule has 0 N–H and O–H groups in total. The van der Waals surface area contributed by atoms with Gasteiger partial charge in [0.05, 0.1) is 10.5 Å². The fraction of sp³-hybridized carbons (Fsp3) is 0.278. The Labute approximate surface area is 157 Å². The smallest absolute Gasteiger partial charge is 0.338 e. The van der Waals surface area contributed by atoms with Crippen molar-refractivity contribution in [3.05, 3.63) is 48.0 Å². The van der Waals surface area contributed by atoms with Crippen LogP contribution >= 0.6 is 0 Å². The van der Waals surface area contributed by atoms with Crippen molar-refractivity contribution < 1.29 is 32.2 Å². The molecule has 0 spiro atoms. The predicted octanol–water partition coefficient (Wildman–Crippen LogP) is 1.90. The van der Waals surface area contributed by atoms with Gasteiger partial charge in [-0.25, -0.2) is 17.5 Å². The lowest BCUT2D eigenvalue weighted by atomic mass is 10.2. The average Bonchev–Trinajstić information content (AvgIpc) is 3.13. The Hall–Kier alpha value is -2.78. The Balaban J connectivity index is 1.48. The lowest BCUT2D eigenvalue weighted by Crippen LogP contribution is -2.22. The summed E-state index contributed by atoms with van der Waals surface area (Å²) in [5.74, 6) is 1.08. The molecule has 2 aromatic carbocycles. The number of hydrogen-bond acceptors (Lipinski definition) is 7. The molecular formula is C18H19NO7S. The van der Waals surface area contributed by atoms with Crippen molar-refractivity contribution in [3.63, 3.8) is 0 Å². The zero-order valence-corrected chi connectivity index (χ0v) is 15.7. The van der Waals surface area contributed by atoms with E-state index in [9.17, 15) is 13.2 Å². The van der Waals surface area contributed by atoms with Crippen molar-refractivity contribution in [1.82, 2.24) is 4.31 Å². The number of carbonyl (C=O) groups excluding carboxylic acids is 1. The number of nitrogens with zero attached hydrogens (tertiary/aromatic N) is 1. The minimum absolute atomic E-state index is 0.0466. The second-order valence-electron chi connectivity index (χ2n) is 5.81. The van der Waals surface area contributed by atoms with Gasteiger partial charge in [0.2, 0.25) is 16.8 Å². The number of rotatable bonds is 7. The topological polar surface area (TPSA) is 91.4 Å². The van der Waals surface area contributed by atoms with Gasteiger partial charge >= 0.3 is 5.97 Å². The molecule has 0 radical (unpaired) electrons. The van der Waals surface area contributed by atoms with Gasteiger partial charge in [-0.15, -0.1) is 0 Å². The van der Waals surface area contributed by atoms with Gasteiger partial charge in [0.25, 0.3) is 0 Å². The average molecular weight is 393 g/mol. The van der Waals surface area contributed by atoms with Crippen LogP contribution in [0.2, 0.25) is 0 Å². The van der Waals surface area contributed by atoms with Gasteiger partial charge < -0.3 is 18.9 Å². The maximum Gasteiger partial charge on any atom is 0.338 e. The summed E-state index contributed by atoms with van der Waals surface area (Å²) in [4.78, 5) is 12.2. The van der Waals surface area contributed by atoms with E-state index in [1.165, 1.54) is 26.2 Å². The third kappa shape index (κ3) is 4.32. The molecular weight excluding hydrogens is 374 g/mol. The minimum atomic E-state index is -3.48. The molecule has 0 unspecified atom stereocenters. The fourth-order valence-corrected chi connectivity index (χ4v) is 3.22. The van der Waals surface area contributed by atoms with E-state index < -0.39 is 16.0 Å². The Morgan fingerprint density at radius 3 is 2.44 bits per heavy atom. The minimum Gasteiger partial charge on any atom is -0.490 e. The largest absolute Gasteiger partial charge is 0.490 e. The number of benzene rings is 2. The van der Waals surface area contributed by atoms with Gasteiger partial charge in [0.1, 0.15) is 19.0 Å². The van der Waals surface area contributed by atoms with E-state index in [0.717, 1.165) is 4.31 Å². The lowest BCUT2D eigenvalue weighted by molar-refractivity contribution is 0.0450. The zero-order chi connectivity index (χ0) is 19.4. The van der Waals surface area contributed by atoms with Gasteiger partial charge in [-0.3, -0.25) is 0 Å². The summed E-state index contributed by atoms with van der Waals surface area (Å²) < 4.78 is 46.2. The van der Waals surface area contributed by atoms with Crippen LogP contribution in [-0.2, 0) is 14.8 Å². The molecule has 144 valence electrons. The summed E-state index contributed by atoms with van der Waals surface area (Å²) in [5.41, 5.74) is 0.359. The molecule has 1 aliphatic rings. The van der Waals surface area contributed by atoms with Crippen molar-refractivity contribution in [3.8, 4) is 17.2 Å². The highest BCUT2D eigenvalue weighted by Gasteiger charge is 2.18. The van der Waals surface area contributed by atoms with Crippen LogP contribution in [0.15, 0.2) is 47.4 Å². The van der Waals surface area contributed by atoms with E-state index in [0.29, 0.717) is 22.8 Å². The van der Waals surface area contributed by atoms with Crippen molar-refractivity contribution in [2.45, 2.75) is 4.90 Å². The Bertz CT molecular complexity index is 923. The molecule has 8 nitrogen and oxygen atoms in total. The Morgan fingerprint density at radius 1 is 1.04 bits per heavy atom. The van der Waals surface area contributed by atoms with Gasteiger partial charge in [0.15, 0.2) is 11.5 Å². The van der Waals surface area contributed by atoms with Crippen LogP contribution in [0, 0.1) is 0 Å². The van der Waals surface area contributed by atoms with Gasteiger partial charge in [-0.05, 0) is 42.5 Å². The van der Waals surface area contributed by atoms with E-state index in [2.05, 4.69) is 0 Å². The summed E-state index contributed by atoms with van der Waals surface area (Å²) >= 11 is 0. The molecule has 1 heterocycles. The molecule has 0 saturated heterocycles. The predicted molar refractivity (Wildman–Crippen MR) is 95.7 cm³/mol. The second kappa shape index (κ2) is 7.85.